The van der Waals surface area contributed by atoms with Crippen LogP contribution in [0.1, 0.15) is 25.8 Å². The number of methoxy groups -OCH3 is 2. The van der Waals surface area contributed by atoms with Crippen LogP contribution in [0, 0.1) is 6.92 Å². The van der Waals surface area contributed by atoms with Crippen molar-refractivity contribution in [3.8, 4) is 22.8 Å². The number of benzene rings is 2. The second kappa shape index (κ2) is 11.5. The van der Waals surface area contributed by atoms with Gasteiger partial charge in [-0.2, -0.15) is 0 Å². The molecule has 0 unspecified atom stereocenters. The first-order chi connectivity index (χ1) is 16.7. The summed E-state index contributed by atoms with van der Waals surface area (Å²) in [6.07, 6.45) is 0.480. The Labute approximate surface area is 206 Å². The Bertz CT molecular complexity index is 1270. The number of ether oxygens (including phenoxy) is 2. The van der Waals surface area contributed by atoms with Gasteiger partial charge in [-0.15, -0.1) is 10.2 Å². The third kappa shape index (κ3) is 6.60. The normalized spacial score (nSPS) is 11.5. The number of carbonyl (C=O) groups is 2. The van der Waals surface area contributed by atoms with Crippen LogP contribution in [0.2, 0.25) is 0 Å². The Hall–Kier alpha value is -3.86. The maximum Gasteiger partial charge on any atom is 0.278 e. The van der Waals surface area contributed by atoms with Crippen LogP contribution in [0.3, 0.4) is 0 Å². The minimum atomic E-state index is -0.545. The number of amides is 2. The molecule has 0 fully saturated rings. The highest BCUT2D eigenvalue weighted by molar-refractivity contribution is 8.00. The fraction of sp³-hybridized carbons (Fsp3) is 0.292. The van der Waals surface area contributed by atoms with Gasteiger partial charge in [0.2, 0.25) is 11.8 Å². The number of aromatic nitrogens is 3. The summed E-state index contributed by atoms with van der Waals surface area (Å²) < 4.78 is 10.5. The molecule has 35 heavy (non-hydrogen) atoms. The highest BCUT2D eigenvalue weighted by Crippen LogP contribution is 2.29. The standard InChI is InChI=1S/C24H27N5O5S/c1-6-20(22(31)26-15-10-16(33-4)12-17(11-15)34-5)35-24-27-23(32)21(28-29-24)18-9-13(2)7-8-19(18)25-14(3)30/h7-12,20H,6H2,1-5H3,(H,25,30)(H,26,31)(H,27,29,32)/t20-/m1/s1. The quantitative estimate of drug-likeness (QED) is 0.382. The number of H-pyrrole nitrogens is 1. The van der Waals surface area contributed by atoms with Crippen molar-refractivity contribution in [1.29, 1.82) is 0 Å². The average Bonchev–Trinajstić information content (AvgIpc) is 2.83. The largest absolute Gasteiger partial charge is 0.497 e. The molecule has 10 nitrogen and oxygen atoms in total. The summed E-state index contributed by atoms with van der Waals surface area (Å²) in [7, 11) is 3.05. The molecule has 0 saturated carbocycles. The molecule has 2 aromatic carbocycles. The summed E-state index contributed by atoms with van der Waals surface area (Å²) in [6, 6.07) is 10.4. The van der Waals surface area contributed by atoms with Gasteiger partial charge in [-0.3, -0.25) is 19.4 Å². The molecule has 3 N–H and O–H groups in total. The first-order valence-electron chi connectivity index (χ1n) is 10.8. The first-order valence-corrected chi connectivity index (χ1v) is 11.7. The Morgan fingerprint density at radius 2 is 1.74 bits per heavy atom. The van der Waals surface area contributed by atoms with Crippen LogP contribution in [0.5, 0.6) is 11.5 Å². The Kier molecular flexibility index (Phi) is 8.48. The molecule has 0 bridgehead atoms. The van der Waals surface area contributed by atoms with Crippen molar-refractivity contribution in [3.05, 3.63) is 52.3 Å². The molecule has 1 heterocycles. The number of nitrogens with zero attached hydrogens (tertiary/aromatic N) is 2. The van der Waals surface area contributed by atoms with Gasteiger partial charge in [0.25, 0.3) is 5.56 Å². The maximum absolute atomic E-state index is 12.9. The number of hydrogen-bond donors (Lipinski definition) is 3. The van der Waals surface area contributed by atoms with Crippen molar-refractivity contribution in [3.63, 3.8) is 0 Å². The van der Waals surface area contributed by atoms with Gasteiger partial charge in [0.1, 0.15) is 11.5 Å². The Morgan fingerprint density at radius 3 is 2.31 bits per heavy atom. The summed E-state index contributed by atoms with van der Waals surface area (Å²) in [5.74, 6) is 0.546. The third-order valence-corrected chi connectivity index (χ3v) is 6.19. The third-order valence-electron chi connectivity index (χ3n) is 4.95. The summed E-state index contributed by atoms with van der Waals surface area (Å²) in [6.45, 7) is 5.11. The van der Waals surface area contributed by atoms with E-state index in [2.05, 4.69) is 25.8 Å². The predicted octanol–water partition coefficient (Wildman–Crippen LogP) is 3.63. The smallest absolute Gasteiger partial charge is 0.278 e. The topological polar surface area (TPSA) is 135 Å². The highest BCUT2D eigenvalue weighted by atomic mass is 32.2. The van der Waals surface area contributed by atoms with E-state index in [1.807, 2.05) is 19.9 Å². The molecule has 0 saturated heterocycles. The van der Waals surface area contributed by atoms with Crippen LogP contribution in [0.15, 0.2) is 46.3 Å². The average molecular weight is 498 g/mol. The van der Waals surface area contributed by atoms with E-state index in [0.29, 0.717) is 34.9 Å². The van der Waals surface area contributed by atoms with Gasteiger partial charge >= 0.3 is 0 Å². The van der Waals surface area contributed by atoms with E-state index in [1.54, 1.807) is 30.3 Å². The fourth-order valence-electron chi connectivity index (χ4n) is 3.26. The van der Waals surface area contributed by atoms with E-state index in [9.17, 15) is 14.4 Å². The van der Waals surface area contributed by atoms with Gasteiger partial charge in [0.15, 0.2) is 10.9 Å². The highest BCUT2D eigenvalue weighted by Gasteiger charge is 2.21. The lowest BCUT2D eigenvalue weighted by atomic mass is 10.1. The molecule has 0 spiro atoms. The molecule has 184 valence electrons. The van der Waals surface area contributed by atoms with Crippen LogP contribution >= 0.6 is 11.8 Å². The minimum Gasteiger partial charge on any atom is -0.497 e. The van der Waals surface area contributed by atoms with E-state index in [1.165, 1.54) is 21.1 Å². The van der Waals surface area contributed by atoms with E-state index < -0.39 is 10.8 Å². The zero-order valence-electron chi connectivity index (χ0n) is 20.1. The number of rotatable bonds is 9. The summed E-state index contributed by atoms with van der Waals surface area (Å²) in [5.41, 5.74) is 1.93. The first kappa shape index (κ1) is 25.8. The molecular formula is C24H27N5O5S. The maximum atomic E-state index is 12.9. The molecule has 2 amide bonds. The van der Waals surface area contributed by atoms with Gasteiger partial charge in [0.05, 0.1) is 25.2 Å². The molecule has 0 aliphatic carbocycles. The summed E-state index contributed by atoms with van der Waals surface area (Å²) in [4.78, 5) is 40.0. The van der Waals surface area contributed by atoms with Crippen LogP contribution in [0.4, 0.5) is 11.4 Å². The molecule has 3 rings (SSSR count). The number of carbonyl (C=O) groups excluding carboxylic acids is 2. The van der Waals surface area contributed by atoms with Crippen molar-refractivity contribution in [2.24, 2.45) is 0 Å². The zero-order valence-corrected chi connectivity index (χ0v) is 20.9. The molecule has 0 radical (unpaired) electrons. The molecule has 1 aromatic heterocycles. The number of aromatic amines is 1. The molecule has 11 heteroatoms. The van der Waals surface area contributed by atoms with Gasteiger partial charge in [-0.1, -0.05) is 30.3 Å². The molecule has 0 aliphatic rings. The predicted molar refractivity (Wildman–Crippen MR) is 135 cm³/mol. The van der Waals surface area contributed by atoms with E-state index >= 15 is 0 Å². The lowest BCUT2D eigenvalue weighted by molar-refractivity contribution is -0.116. The number of nitrogens with one attached hydrogen (secondary N) is 3. The number of anilines is 2. The fourth-order valence-corrected chi connectivity index (χ4v) is 4.11. The SMILES string of the molecule is CC[C@@H](Sc1nnc(-c2cc(C)ccc2NC(C)=O)c(=O)[nH]1)C(=O)Nc1cc(OC)cc(OC)c1. The van der Waals surface area contributed by atoms with Crippen molar-refractivity contribution >= 4 is 35.0 Å². The number of thioether (sulfide) groups is 1. The lowest BCUT2D eigenvalue weighted by Gasteiger charge is -2.15. The van der Waals surface area contributed by atoms with Gasteiger partial charge in [-0.25, -0.2) is 0 Å². The van der Waals surface area contributed by atoms with Crippen molar-refractivity contribution < 1.29 is 19.1 Å². The Morgan fingerprint density at radius 1 is 1.06 bits per heavy atom. The molecule has 0 aliphatic heterocycles. The molecule has 3 aromatic rings. The van der Waals surface area contributed by atoms with E-state index in [-0.39, 0.29) is 22.7 Å². The van der Waals surface area contributed by atoms with Crippen LogP contribution in [-0.2, 0) is 9.59 Å². The zero-order chi connectivity index (χ0) is 25.5. The van der Waals surface area contributed by atoms with Crippen molar-refractivity contribution in [2.45, 2.75) is 37.6 Å². The van der Waals surface area contributed by atoms with Gasteiger partial charge < -0.3 is 20.1 Å². The summed E-state index contributed by atoms with van der Waals surface area (Å²) >= 11 is 1.10. The van der Waals surface area contributed by atoms with Crippen molar-refractivity contribution in [1.82, 2.24) is 15.2 Å². The second-order valence-corrected chi connectivity index (χ2v) is 8.83. The summed E-state index contributed by atoms with van der Waals surface area (Å²) in [5, 5.41) is 13.4. The minimum absolute atomic E-state index is 0.0720. The molecule has 1 atom stereocenters. The monoisotopic (exact) mass is 497 g/mol. The van der Waals surface area contributed by atoms with E-state index in [0.717, 1.165) is 17.3 Å². The van der Waals surface area contributed by atoms with Gasteiger partial charge in [0, 0.05) is 36.4 Å². The van der Waals surface area contributed by atoms with Crippen LogP contribution < -0.4 is 25.7 Å². The van der Waals surface area contributed by atoms with Crippen LogP contribution in [0.25, 0.3) is 11.3 Å². The Balaban J connectivity index is 1.81. The van der Waals surface area contributed by atoms with Crippen LogP contribution in [-0.4, -0.2) is 46.5 Å². The number of aryl methyl sites for hydroxylation is 1. The molecular weight excluding hydrogens is 470 g/mol. The lowest BCUT2D eigenvalue weighted by Crippen LogP contribution is -2.25. The second-order valence-electron chi connectivity index (χ2n) is 7.64. The number of hydrogen-bond acceptors (Lipinski definition) is 8. The van der Waals surface area contributed by atoms with E-state index in [4.69, 9.17) is 9.47 Å². The van der Waals surface area contributed by atoms with Crippen molar-refractivity contribution in [2.75, 3.05) is 24.9 Å². The van der Waals surface area contributed by atoms with Gasteiger partial charge in [-0.05, 0) is 25.5 Å².